The fraction of sp³-hybridized carbons (Fsp3) is 0.533. The number of methoxy groups -OCH3 is 1. The van der Waals surface area contributed by atoms with Crippen LogP contribution < -0.4 is 5.32 Å². The predicted molar refractivity (Wildman–Crippen MR) is 88.2 cm³/mol. The zero-order chi connectivity index (χ0) is 14.9. The van der Waals surface area contributed by atoms with Gasteiger partial charge in [-0.2, -0.15) is 0 Å². The summed E-state index contributed by atoms with van der Waals surface area (Å²) in [7, 11) is 1.40. The molecule has 1 aromatic carbocycles. The van der Waals surface area contributed by atoms with Crippen LogP contribution in [0, 0.1) is 11.8 Å². The van der Waals surface area contributed by atoms with Crippen LogP contribution in [-0.4, -0.2) is 19.1 Å². The van der Waals surface area contributed by atoms with Crippen LogP contribution in [0.15, 0.2) is 21.1 Å². The molecule has 1 saturated carbocycles. The molecule has 0 spiro atoms. The summed E-state index contributed by atoms with van der Waals surface area (Å²) in [5, 5.41) is 3.47. The molecule has 1 N–H and O–H groups in total. The molecule has 110 valence electrons. The highest BCUT2D eigenvalue weighted by molar-refractivity contribution is 9.11. The normalized spacial score (nSPS) is 21.5. The Morgan fingerprint density at radius 1 is 1.35 bits per heavy atom. The molecule has 2 rings (SSSR count). The summed E-state index contributed by atoms with van der Waals surface area (Å²) in [6.45, 7) is 4.52. The van der Waals surface area contributed by atoms with Crippen LogP contribution in [0.3, 0.4) is 0 Å². The number of esters is 1. The van der Waals surface area contributed by atoms with Crippen LogP contribution in [0.25, 0.3) is 0 Å². The average Bonchev–Trinajstić information content (AvgIpc) is 2.32. The SMILES string of the molecule is COC(=O)c1cc(Br)cc(Br)c1NC1CC(C(C)C)C1. The smallest absolute Gasteiger partial charge is 0.340 e. The molecular formula is C15H19Br2NO2. The van der Waals surface area contributed by atoms with E-state index in [1.54, 1.807) is 6.07 Å². The molecule has 0 atom stereocenters. The average molecular weight is 405 g/mol. The highest BCUT2D eigenvalue weighted by Crippen LogP contribution is 2.38. The molecule has 1 aliphatic carbocycles. The number of nitrogens with one attached hydrogen (secondary N) is 1. The van der Waals surface area contributed by atoms with Crippen molar-refractivity contribution in [2.45, 2.75) is 32.7 Å². The maximum atomic E-state index is 11.9. The molecule has 0 saturated heterocycles. The van der Waals surface area contributed by atoms with Gasteiger partial charge in [-0.25, -0.2) is 4.79 Å². The fourth-order valence-electron chi connectivity index (χ4n) is 2.52. The van der Waals surface area contributed by atoms with Crippen molar-refractivity contribution < 1.29 is 9.53 Å². The molecule has 0 bridgehead atoms. The van der Waals surface area contributed by atoms with Gasteiger partial charge < -0.3 is 10.1 Å². The van der Waals surface area contributed by atoms with Crippen LogP contribution in [0.1, 0.15) is 37.0 Å². The zero-order valence-electron chi connectivity index (χ0n) is 11.9. The van der Waals surface area contributed by atoms with Gasteiger partial charge in [0.2, 0.25) is 0 Å². The van der Waals surface area contributed by atoms with Crippen molar-refractivity contribution in [3.05, 3.63) is 26.6 Å². The summed E-state index contributed by atoms with van der Waals surface area (Å²) in [6, 6.07) is 4.16. The number of hydrogen-bond donors (Lipinski definition) is 1. The van der Waals surface area contributed by atoms with Crippen molar-refractivity contribution in [1.29, 1.82) is 0 Å². The molecule has 5 heteroatoms. The molecule has 0 aromatic heterocycles. The van der Waals surface area contributed by atoms with Crippen LogP contribution in [0.2, 0.25) is 0 Å². The Kier molecular flexibility index (Phi) is 5.13. The van der Waals surface area contributed by atoms with Gasteiger partial charge in [0, 0.05) is 15.0 Å². The Hall–Kier alpha value is -0.550. The third kappa shape index (κ3) is 3.37. The highest BCUT2D eigenvalue weighted by atomic mass is 79.9. The Bertz CT molecular complexity index is 511. The van der Waals surface area contributed by atoms with Crippen molar-refractivity contribution in [3.63, 3.8) is 0 Å². The number of carbonyl (C=O) groups is 1. The number of ether oxygens (including phenoxy) is 1. The minimum Gasteiger partial charge on any atom is -0.465 e. The van der Waals surface area contributed by atoms with Crippen LogP contribution in [0.5, 0.6) is 0 Å². The van der Waals surface area contributed by atoms with Crippen molar-refractivity contribution in [2.24, 2.45) is 11.8 Å². The van der Waals surface area contributed by atoms with E-state index < -0.39 is 0 Å². The molecule has 0 heterocycles. The number of anilines is 1. The summed E-state index contributed by atoms with van der Waals surface area (Å²) in [4.78, 5) is 11.9. The first kappa shape index (κ1) is 15.8. The first-order valence-electron chi connectivity index (χ1n) is 6.76. The Morgan fingerprint density at radius 3 is 2.55 bits per heavy atom. The van der Waals surface area contributed by atoms with Crippen LogP contribution >= 0.6 is 31.9 Å². The lowest BCUT2D eigenvalue weighted by molar-refractivity contribution is 0.0601. The lowest BCUT2D eigenvalue weighted by atomic mass is 9.73. The van der Waals surface area contributed by atoms with Gasteiger partial charge in [-0.05, 0) is 52.7 Å². The Morgan fingerprint density at radius 2 is 2.00 bits per heavy atom. The third-order valence-corrected chi connectivity index (χ3v) is 5.01. The lowest BCUT2D eigenvalue weighted by Crippen LogP contribution is -2.38. The van der Waals surface area contributed by atoms with Gasteiger partial charge >= 0.3 is 5.97 Å². The quantitative estimate of drug-likeness (QED) is 0.729. The second-order valence-corrected chi connectivity index (χ2v) is 7.39. The summed E-state index contributed by atoms with van der Waals surface area (Å²) < 4.78 is 6.59. The third-order valence-electron chi connectivity index (χ3n) is 3.93. The van der Waals surface area contributed by atoms with E-state index in [0.29, 0.717) is 11.6 Å². The van der Waals surface area contributed by atoms with E-state index >= 15 is 0 Å². The minimum absolute atomic E-state index is 0.325. The second kappa shape index (κ2) is 6.48. The minimum atomic E-state index is -0.325. The first-order valence-corrected chi connectivity index (χ1v) is 8.34. The molecule has 3 nitrogen and oxygen atoms in total. The largest absolute Gasteiger partial charge is 0.465 e. The van der Waals surface area contributed by atoms with Gasteiger partial charge in [0.25, 0.3) is 0 Å². The van der Waals surface area contributed by atoms with Gasteiger partial charge in [0.05, 0.1) is 18.4 Å². The number of halogens is 2. The number of hydrogen-bond acceptors (Lipinski definition) is 3. The molecule has 1 aromatic rings. The summed E-state index contributed by atoms with van der Waals surface area (Å²) in [5.41, 5.74) is 1.38. The Labute approximate surface area is 136 Å². The fourth-order valence-corrected chi connectivity index (χ4v) is 3.86. The van der Waals surface area contributed by atoms with E-state index in [-0.39, 0.29) is 5.97 Å². The van der Waals surface area contributed by atoms with E-state index in [9.17, 15) is 4.79 Å². The topological polar surface area (TPSA) is 38.3 Å². The molecule has 20 heavy (non-hydrogen) atoms. The lowest BCUT2D eigenvalue weighted by Gasteiger charge is -2.39. The monoisotopic (exact) mass is 403 g/mol. The van der Waals surface area contributed by atoms with E-state index in [1.165, 1.54) is 7.11 Å². The molecule has 0 radical (unpaired) electrons. The summed E-state index contributed by atoms with van der Waals surface area (Å²) in [6.07, 6.45) is 2.31. The predicted octanol–water partition coefficient (Wildman–Crippen LogP) is 4.84. The van der Waals surface area contributed by atoms with Crippen molar-refractivity contribution in [2.75, 3.05) is 12.4 Å². The van der Waals surface area contributed by atoms with Crippen molar-refractivity contribution in [3.8, 4) is 0 Å². The van der Waals surface area contributed by atoms with E-state index in [2.05, 4.69) is 51.0 Å². The maximum absolute atomic E-state index is 11.9. The second-order valence-electron chi connectivity index (χ2n) is 5.62. The molecule has 0 aliphatic heterocycles. The van der Waals surface area contributed by atoms with Gasteiger partial charge in [-0.1, -0.05) is 29.8 Å². The van der Waals surface area contributed by atoms with Gasteiger partial charge in [0.1, 0.15) is 0 Å². The molecule has 1 aliphatic rings. The highest BCUT2D eigenvalue weighted by Gasteiger charge is 2.32. The summed E-state index contributed by atoms with van der Waals surface area (Å²) in [5.74, 6) is 1.18. The number of carbonyl (C=O) groups excluding carboxylic acids is 1. The molecule has 0 unspecified atom stereocenters. The van der Waals surface area contributed by atoms with Crippen molar-refractivity contribution in [1.82, 2.24) is 0 Å². The standard InChI is InChI=1S/C15H19Br2NO2/c1-8(2)9-4-11(5-9)18-14-12(15(19)20-3)6-10(16)7-13(14)17/h6-9,11,18H,4-5H2,1-3H3. The van der Waals surface area contributed by atoms with E-state index in [1.807, 2.05) is 6.07 Å². The zero-order valence-corrected chi connectivity index (χ0v) is 15.0. The van der Waals surface area contributed by atoms with Gasteiger partial charge in [-0.15, -0.1) is 0 Å². The van der Waals surface area contributed by atoms with E-state index in [0.717, 1.165) is 39.3 Å². The molecular weight excluding hydrogens is 386 g/mol. The van der Waals surface area contributed by atoms with Gasteiger partial charge in [0.15, 0.2) is 0 Å². The number of benzene rings is 1. The van der Waals surface area contributed by atoms with Crippen LogP contribution in [-0.2, 0) is 4.74 Å². The molecule has 1 fully saturated rings. The molecule has 0 amide bonds. The number of rotatable bonds is 4. The van der Waals surface area contributed by atoms with Crippen LogP contribution in [0.4, 0.5) is 5.69 Å². The van der Waals surface area contributed by atoms with Gasteiger partial charge in [-0.3, -0.25) is 0 Å². The van der Waals surface area contributed by atoms with Crippen molar-refractivity contribution >= 4 is 43.5 Å². The first-order chi connectivity index (χ1) is 9.42. The summed E-state index contributed by atoms with van der Waals surface area (Å²) >= 11 is 6.93. The van der Waals surface area contributed by atoms with E-state index in [4.69, 9.17) is 4.74 Å². The maximum Gasteiger partial charge on any atom is 0.340 e. The Balaban J connectivity index is 2.17.